The SMILES string of the molecule is Cc1cc(NC(=O)CN(C)C2CCCCCC2)no1. The van der Waals surface area contributed by atoms with Crippen molar-refractivity contribution in [2.45, 2.75) is 51.5 Å². The molecule has 1 N–H and O–H groups in total. The standard InChI is InChI=1S/C14H23N3O2/c1-11-9-13(16-19-11)15-14(18)10-17(2)12-7-5-3-4-6-8-12/h9,12H,3-8,10H2,1-2H3,(H,15,16,18). The fraction of sp³-hybridized carbons (Fsp3) is 0.714. The zero-order chi connectivity index (χ0) is 13.7. The van der Waals surface area contributed by atoms with E-state index in [2.05, 4.69) is 15.4 Å². The Bertz CT molecular complexity index is 409. The minimum absolute atomic E-state index is 0.0277. The molecule has 0 bridgehead atoms. The number of carbonyl (C=O) groups is 1. The summed E-state index contributed by atoms with van der Waals surface area (Å²) in [5.74, 6) is 1.17. The Balaban J connectivity index is 1.80. The molecule has 19 heavy (non-hydrogen) atoms. The average molecular weight is 265 g/mol. The Morgan fingerprint density at radius 1 is 1.42 bits per heavy atom. The summed E-state index contributed by atoms with van der Waals surface area (Å²) in [6.07, 6.45) is 7.61. The van der Waals surface area contributed by atoms with E-state index >= 15 is 0 Å². The first-order chi connectivity index (χ1) is 9.15. The number of hydrogen-bond donors (Lipinski definition) is 1. The molecular formula is C14H23N3O2. The molecule has 2 rings (SSSR count). The lowest BCUT2D eigenvalue weighted by Gasteiger charge is -2.26. The van der Waals surface area contributed by atoms with Crippen LogP contribution in [0.3, 0.4) is 0 Å². The van der Waals surface area contributed by atoms with Crippen LogP contribution in [0.4, 0.5) is 5.82 Å². The first-order valence-electron chi connectivity index (χ1n) is 7.08. The summed E-state index contributed by atoms with van der Waals surface area (Å²) < 4.78 is 4.92. The molecule has 5 nitrogen and oxygen atoms in total. The minimum atomic E-state index is -0.0277. The Kier molecular flexibility index (Phi) is 4.96. The number of aromatic nitrogens is 1. The third kappa shape index (κ3) is 4.35. The molecule has 0 aromatic carbocycles. The van der Waals surface area contributed by atoms with Gasteiger partial charge in [-0.25, -0.2) is 0 Å². The van der Waals surface area contributed by atoms with E-state index in [-0.39, 0.29) is 5.91 Å². The van der Waals surface area contributed by atoms with Crippen molar-refractivity contribution in [2.75, 3.05) is 18.9 Å². The largest absolute Gasteiger partial charge is 0.360 e. The van der Waals surface area contributed by atoms with E-state index in [0.717, 1.165) is 0 Å². The first kappa shape index (κ1) is 14.1. The van der Waals surface area contributed by atoms with Crippen molar-refractivity contribution in [3.63, 3.8) is 0 Å². The van der Waals surface area contributed by atoms with Gasteiger partial charge in [0.25, 0.3) is 0 Å². The van der Waals surface area contributed by atoms with Gasteiger partial charge in [0.2, 0.25) is 5.91 Å². The number of hydrogen-bond acceptors (Lipinski definition) is 4. The van der Waals surface area contributed by atoms with Crippen LogP contribution in [0.1, 0.15) is 44.3 Å². The van der Waals surface area contributed by atoms with Crippen LogP contribution in [-0.2, 0) is 4.79 Å². The number of rotatable bonds is 4. The molecule has 0 radical (unpaired) electrons. The van der Waals surface area contributed by atoms with Gasteiger partial charge >= 0.3 is 0 Å². The van der Waals surface area contributed by atoms with Crippen LogP contribution >= 0.6 is 0 Å². The number of nitrogens with one attached hydrogen (secondary N) is 1. The topological polar surface area (TPSA) is 58.4 Å². The zero-order valence-corrected chi connectivity index (χ0v) is 11.8. The highest BCUT2D eigenvalue weighted by Gasteiger charge is 2.19. The smallest absolute Gasteiger partial charge is 0.239 e. The van der Waals surface area contributed by atoms with Crippen LogP contribution < -0.4 is 5.32 Å². The Labute approximate surface area is 114 Å². The molecular weight excluding hydrogens is 242 g/mol. The van der Waals surface area contributed by atoms with Gasteiger partial charge in [0.15, 0.2) is 5.82 Å². The molecule has 1 fully saturated rings. The molecule has 106 valence electrons. The van der Waals surface area contributed by atoms with E-state index in [4.69, 9.17) is 4.52 Å². The number of carbonyl (C=O) groups excluding carboxylic acids is 1. The summed E-state index contributed by atoms with van der Waals surface area (Å²) in [5, 5.41) is 6.53. The molecule has 1 saturated carbocycles. The summed E-state index contributed by atoms with van der Waals surface area (Å²) in [6.45, 7) is 2.22. The third-order valence-electron chi connectivity index (χ3n) is 3.74. The molecule has 0 unspecified atom stereocenters. The van der Waals surface area contributed by atoms with E-state index < -0.39 is 0 Å². The molecule has 0 saturated heterocycles. The van der Waals surface area contributed by atoms with Crippen LogP contribution in [0, 0.1) is 6.92 Å². The summed E-state index contributed by atoms with van der Waals surface area (Å²) in [5.41, 5.74) is 0. The fourth-order valence-electron chi connectivity index (χ4n) is 2.66. The molecule has 1 aromatic heterocycles. The number of nitrogens with zero attached hydrogens (tertiary/aromatic N) is 2. The lowest BCUT2D eigenvalue weighted by molar-refractivity contribution is -0.117. The van der Waals surface area contributed by atoms with E-state index in [0.29, 0.717) is 24.2 Å². The molecule has 1 aliphatic carbocycles. The monoisotopic (exact) mass is 265 g/mol. The van der Waals surface area contributed by atoms with Gasteiger partial charge in [-0.05, 0) is 26.8 Å². The number of amides is 1. The highest BCUT2D eigenvalue weighted by molar-refractivity contribution is 5.91. The summed E-state index contributed by atoms with van der Waals surface area (Å²) in [6, 6.07) is 2.26. The molecule has 1 heterocycles. The highest BCUT2D eigenvalue weighted by Crippen LogP contribution is 2.20. The van der Waals surface area contributed by atoms with Crippen molar-refractivity contribution in [3.8, 4) is 0 Å². The summed E-state index contributed by atoms with van der Waals surface area (Å²) >= 11 is 0. The lowest BCUT2D eigenvalue weighted by atomic mass is 10.1. The van der Waals surface area contributed by atoms with Crippen LogP contribution in [0.15, 0.2) is 10.6 Å². The van der Waals surface area contributed by atoms with Crippen LogP contribution in [-0.4, -0.2) is 35.6 Å². The van der Waals surface area contributed by atoms with Gasteiger partial charge in [-0.15, -0.1) is 0 Å². The maximum Gasteiger partial charge on any atom is 0.239 e. The molecule has 0 aliphatic heterocycles. The van der Waals surface area contributed by atoms with Gasteiger partial charge in [0.05, 0.1) is 6.54 Å². The van der Waals surface area contributed by atoms with E-state index in [1.54, 1.807) is 13.0 Å². The van der Waals surface area contributed by atoms with Crippen LogP contribution in [0.5, 0.6) is 0 Å². The van der Waals surface area contributed by atoms with Crippen molar-refractivity contribution < 1.29 is 9.32 Å². The van der Waals surface area contributed by atoms with E-state index in [1.165, 1.54) is 38.5 Å². The predicted molar refractivity (Wildman–Crippen MR) is 74.0 cm³/mol. The zero-order valence-electron chi connectivity index (χ0n) is 11.8. The Morgan fingerprint density at radius 2 is 2.11 bits per heavy atom. The normalized spacial score (nSPS) is 17.4. The summed E-state index contributed by atoms with van der Waals surface area (Å²) in [4.78, 5) is 14.1. The van der Waals surface area contributed by atoms with Crippen molar-refractivity contribution in [1.82, 2.24) is 10.1 Å². The number of likely N-dealkylation sites (N-methyl/N-ethyl adjacent to an activating group) is 1. The predicted octanol–water partition coefficient (Wildman–Crippen LogP) is 2.58. The molecule has 1 amide bonds. The quantitative estimate of drug-likeness (QED) is 0.850. The van der Waals surface area contributed by atoms with Gasteiger partial charge < -0.3 is 9.84 Å². The van der Waals surface area contributed by atoms with Gasteiger partial charge in [-0.3, -0.25) is 9.69 Å². The van der Waals surface area contributed by atoms with Crippen molar-refractivity contribution in [1.29, 1.82) is 0 Å². The Hall–Kier alpha value is -1.36. The lowest BCUT2D eigenvalue weighted by Crippen LogP contribution is -2.37. The molecule has 5 heteroatoms. The minimum Gasteiger partial charge on any atom is -0.360 e. The second kappa shape index (κ2) is 6.70. The number of aryl methyl sites for hydroxylation is 1. The fourth-order valence-corrected chi connectivity index (χ4v) is 2.66. The third-order valence-corrected chi connectivity index (χ3v) is 3.74. The van der Waals surface area contributed by atoms with Crippen molar-refractivity contribution >= 4 is 11.7 Å². The second-order valence-corrected chi connectivity index (χ2v) is 5.43. The van der Waals surface area contributed by atoms with Gasteiger partial charge in [0, 0.05) is 12.1 Å². The van der Waals surface area contributed by atoms with Gasteiger partial charge in [-0.1, -0.05) is 30.8 Å². The summed E-state index contributed by atoms with van der Waals surface area (Å²) in [7, 11) is 2.03. The Morgan fingerprint density at radius 3 is 2.68 bits per heavy atom. The van der Waals surface area contributed by atoms with Gasteiger partial charge in [-0.2, -0.15) is 0 Å². The van der Waals surface area contributed by atoms with Crippen LogP contribution in [0.2, 0.25) is 0 Å². The average Bonchev–Trinajstić information content (AvgIpc) is 2.64. The molecule has 1 aliphatic rings. The van der Waals surface area contributed by atoms with Crippen molar-refractivity contribution in [3.05, 3.63) is 11.8 Å². The van der Waals surface area contributed by atoms with Crippen molar-refractivity contribution in [2.24, 2.45) is 0 Å². The number of anilines is 1. The molecule has 0 spiro atoms. The molecule has 0 atom stereocenters. The van der Waals surface area contributed by atoms with E-state index in [1.807, 2.05) is 7.05 Å². The molecule has 1 aromatic rings. The maximum absolute atomic E-state index is 11.9. The van der Waals surface area contributed by atoms with Gasteiger partial charge in [0.1, 0.15) is 5.76 Å². The second-order valence-electron chi connectivity index (χ2n) is 5.43. The maximum atomic E-state index is 11.9. The van der Waals surface area contributed by atoms with Crippen LogP contribution in [0.25, 0.3) is 0 Å². The van der Waals surface area contributed by atoms with E-state index in [9.17, 15) is 4.79 Å². The highest BCUT2D eigenvalue weighted by atomic mass is 16.5. The first-order valence-corrected chi connectivity index (χ1v) is 7.08.